The van der Waals surface area contributed by atoms with Gasteiger partial charge in [-0.15, -0.1) is 0 Å². The number of unbranched alkanes of at least 4 members (excludes halogenated alkanes) is 1. The van der Waals surface area contributed by atoms with Crippen LogP contribution in [0.1, 0.15) is 45.1 Å². The van der Waals surface area contributed by atoms with Gasteiger partial charge in [0, 0.05) is 17.2 Å². The summed E-state index contributed by atoms with van der Waals surface area (Å²) in [4.78, 5) is 4.41. The molecule has 0 aliphatic heterocycles. The number of halogens is 1. The number of aromatic nitrogens is 1. The molecule has 96 valence electrons. The second kappa shape index (κ2) is 7.70. The molecule has 0 saturated heterocycles. The molecule has 2 nitrogen and oxygen atoms in total. The minimum atomic E-state index is 0.764. The molecule has 0 fully saturated rings. The first kappa shape index (κ1) is 14.5. The topological polar surface area (TPSA) is 24.9 Å². The molecule has 1 N–H and O–H groups in total. The molecule has 0 aliphatic carbocycles. The predicted molar refractivity (Wildman–Crippen MR) is 78.5 cm³/mol. The lowest BCUT2D eigenvalue weighted by Crippen LogP contribution is -2.15. The summed E-state index contributed by atoms with van der Waals surface area (Å²) in [7, 11) is 0. The van der Waals surface area contributed by atoms with E-state index in [2.05, 4.69) is 53.1 Å². The Kier molecular flexibility index (Phi) is 6.56. The normalized spacial score (nSPS) is 12.5. The second-order valence-corrected chi connectivity index (χ2v) is 5.53. The number of nitrogens with one attached hydrogen (secondary N) is 1. The van der Waals surface area contributed by atoms with Crippen LogP contribution < -0.4 is 5.32 Å². The van der Waals surface area contributed by atoms with Gasteiger partial charge in [-0.2, -0.15) is 0 Å². The average Bonchev–Trinajstić information content (AvgIpc) is 2.31. The van der Waals surface area contributed by atoms with Crippen molar-refractivity contribution in [3.8, 4) is 0 Å². The standard InChI is InChI=1S/C14H23BrN2/c1-4-6-7-12(5-2)9-16-14-11(3)8-13(15)10-17-14/h8,10,12H,4-7,9H2,1-3H3,(H,16,17). The summed E-state index contributed by atoms with van der Waals surface area (Å²) in [6.45, 7) is 7.64. The zero-order valence-electron chi connectivity index (χ0n) is 11.1. The van der Waals surface area contributed by atoms with Crippen LogP contribution in [0.5, 0.6) is 0 Å². The van der Waals surface area contributed by atoms with Crippen molar-refractivity contribution in [2.45, 2.75) is 46.5 Å². The molecule has 1 aromatic rings. The molecule has 0 aliphatic rings. The summed E-state index contributed by atoms with van der Waals surface area (Å²) in [5.74, 6) is 1.78. The molecule has 17 heavy (non-hydrogen) atoms. The van der Waals surface area contributed by atoms with Gasteiger partial charge in [-0.1, -0.05) is 33.1 Å². The van der Waals surface area contributed by atoms with Crippen LogP contribution in [0.4, 0.5) is 5.82 Å². The summed E-state index contributed by atoms with van der Waals surface area (Å²) in [5.41, 5.74) is 1.20. The number of aryl methyl sites for hydroxylation is 1. The Bertz CT molecular complexity index is 339. The predicted octanol–water partition coefficient (Wildman–Crippen LogP) is 4.78. The first-order valence-corrected chi connectivity index (χ1v) is 7.32. The maximum absolute atomic E-state index is 4.41. The lowest BCUT2D eigenvalue weighted by molar-refractivity contribution is 0.472. The fraction of sp³-hybridized carbons (Fsp3) is 0.643. The molecule has 0 saturated carbocycles. The zero-order chi connectivity index (χ0) is 12.7. The Hall–Kier alpha value is -0.570. The third-order valence-electron chi connectivity index (χ3n) is 3.15. The SMILES string of the molecule is CCCCC(CC)CNc1ncc(Br)cc1C. The monoisotopic (exact) mass is 298 g/mol. The molecule has 0 radical (unpaired) electrons. The van der Waals surface area contributed by atoms with Crippen molar-refractivity contribution in [1.82, 2.24) is 4.98 Å². The van der Waals surface area contributed by atoms with E-state index in [-0.39, 0.29) is 0 Å². The molecule has 1 unspecified atom stereocenters. The van der Waals surface area contributed by atoms with Crippen molar-refractivity contribution in [3.63, 3.8) is 0 Å². The Morgan fingerprint density at radius 1 is 1.41 bits per heavy atom. The van der Waals surface area contributed by atoms with Gasteiger partial charge in [0.1, 0.15) is 5.82 Å². The molecule has 1 rings (SSSR count). The van der Waals surface area contributed by atoms with E-state index in [0.29, 0.717) is 0 Å². The van der Waals surface area contributed by atoms with Crippen LogP contribution in [0, 0.1) is 12.8 Å². The van der Waals surface area contributed by atoms with Crippen LogP contribution >= 0.6 is 15.9 Å². The molecule has 0 amide bonds. The number of hydrogen-bond acceptors (Lipinski definition) is 2. The van der Waals surface area contributed by atoms with Crippen molar-refractivity contribution in [1.29, 1.82) is 0 Å². The van der Waals surface area contributed by atoms with Gasteiger partial charge in [0.2, 0.25) is 0 Å². The molecule has 0 aromatic carbocycles. The van der Waals surface area contributed by atoms with Gasteiger partial charge in [-0.25, -0.2) is 4.98 Å². The third-order valence-corrected chi connectivity index (χ3v) is 3.58. The van der Waals surface area contributed by atoms with Gasteiger partial charge in [-0.05, 0) is 46.8 Å². The maximum Gasteiger partial charge on any atom is 0.128 e. The van der Waals surface area contributed by atoms with Gasteiger partial charge in [0.25, 0.3) is 0 Å². The van der Waals surface area contributed by atoms with Crippen LogP contribution in [-0.2, 0) is 0 Å². The molecule has 0 spiro atoms. The zero-order valence-corrected chi connectivity index (χ0v) is 12.7. The molecular weight excluding hydrogens is 276 g/mol. The molecule has 1 heterocycles. The van der Waals surface area contributed by atoms with Gasteiger partial charge in [0.15, 0.2) is 0 Å². The van der Waals surface area contributed by atoms with E-state index in [0.717, 1.165) is 22.8 Å². The third kappa shape index (κ3) is 5.07. The van der Waals surface area contributed by atoms with Crippen molar-refractivity contribution in [2.75, 3.05) is 11.9 Å². The molecule has 1 aromatic heterocycles. The van der Waals surface area contributed by atoms with Crippen LogP contribution in [0.25, 0.3) is 0 Å². The Labute approximate surface area is 113 Å². The number of anilines is 1. The Morgan fingerprint density at radius 3 is 2.76 bits per heavy atom. The fourth-order valence-electron chi connectivity index (χ4n) is 1.91. The van der Waals surface area contributed by atoms with E-state index < -0.39 is 0 Å². The van der Waals surface area contributed by atoms with E-state index >= 15 is 0 Å². The van der Waals surface area contributed by atoms with Crippen molar-refractivity contribution < 1.29 is 0 Å². The number of rotatable bonds is 7. The van der Waals surface area contributed by atoms with E-state index in [9.17, 15) is 0 Å². The highest BCUT2D eigenvalue weighted by Crippen LogP contribution is 2.18. The smallest absolute Gasteiger partial charge is 0.128 e. The summed E-state index contributed by atoms with van der Waals surface area (Å²) < 4.78 is 1.04. The van der Waals surface area contributed by atoms with Crippen molar-refractivity contribution >= 4 is 21.7 Å². The molecule has 0 bridgehead atoms. The number of hydrogen-bond donors (Lipinski definition) is 1. The van der Waals surface area contributed by atoms with E-state index in [1.807, 2.05) is 6.20 Å². The quantitative estimate of drug-likeness (QED) is 0.783. The van der Waals surface area contributed by atoms with E-state index in [1.54, 1.807) is 0 Å². The van der Waals surface area contributed by atoms with Crippen molar-refractivity contribution in [2.24, 2.45) is 5.92 Å². The maximum atomic E-state index is 4.41. The largest absolute Gasteiger partial charge is 0.370 e. The summed E-state index contributed by atoms with van der Waals surface area (Å²) in [5, 5.41) is 3.47. The van der Waals surface area contributed by atoms with Gasteiger partial charge in [-0.3, -0.25) is 0 Å². The van der Waals surface area contributed by atoms with Crippen LogP contribution in [0.3, 0.4) is 0 Å². The summed E-state index contributed by atoms with van der Waals surface area (Å²) in [6.07, 6.45) is 7.01. The first-order chi connectivity index (χ1) is 8.17. The minimum absolute atomic E-state index is 0.764. The number of pyridine rings is 1. The molecule has 3 heteroatoms. The lowest BCUT2D eigenvalue weighted by atomic mass is 9.99. The van der Waals surface area contributed by atoms with Crippen LogP contribution in [0.15, 0.2) is 16.7 Å². The highest BCUT2D eigenvalue weighted by molar-refractivity contribution is 9.10. The van der Waals surface area contributed by atoms with Gasteiger partial charge in [0.05, 0.1) is 0 Å². The minimum Gasteiger partial charge on any atom is -0.370 e. The lowest BCUT2D eigenvalue weighted by Gasteiger charge is -2.16. The van der Waals surface area contributed by atoms with Crippen molar-refractivity contribution in [3.05, 3.63) is 22.3 Å². The molecule has 1 atom stereocenters. The Balaban J connectivity index is 2.47. The van der Waals surface area contributed by atoms with Crippen LogP contribution in [-0.4, -0.2) is 11.5 Å². The molecular formula is C14H23BrN2. The van der Waals surface area contributed by atoms with Crippen LogP contribution in [0.2, 0.25) is 0 Å². The van der Waals surface area contributed by atoms with E-state index in [1.165, 1.54) is 31.2 Å². The number of nitrogens with zero attached hydrogens (tertiary/aromatic N) is 1. The first-order valence-electron chi connectivity index (χ1n) is 6.53. The fourth-order valence-corrected chi connectivity index (χ4v) is 2.36. The Morgan fingerprint density at radius 2 is 2.18 bits per heavy atom. The van der Waals surface area contributed by atoms with E-state index in [4.69, 9.17) is 0 Å². The van der Waals surface area contributed by atoms with Gasteiger partial charge < -0.3 is 5.32 Å². The average molecular weight is 299 g/mol. The highest BCUT2D eigenvalue weighted by atomic mass is 79.9. The highest BCUT2D eigenvalue weighted by Gasteiger charge is 2.07. The second-order valence-electron chi connectivity index (χ2n) is 4.62. The summed E-state index contributed by atoms with van der Waals surface area (Å²) >= 11 is 3.43. The van der Waals surface area contributed by atoms with Gasteiger partial charge >= 0.3 is 0 Å². The summed E-state index contributed by atoms with van der Waals surface area (Å²) in [6, 6.07) is 2.10.